The molecule has 0 aliphatic carbocycles. The van der Waals surface area contributed by atoms with Crippen LogP contribution in [0.4, 0.5) is 0 Å². The molecule has 0 aliphatic heterocycles. The first-order chi connectivity index (χ1) is 11.7. The maximum atomic E-state index is 12.3. The van der Waals surface area contributed by atoms with E-state index in [0.29, 0.717) is 5.75 Å². The van der Waals surface area contributed by atoms with Gasteiger partial charge in [0.2, 0.25) is 23.6 Å². The van der Waals surface area contributed by atoms with Crippen molar-refractivity contribution in [2.24, 2.45) is 11.5 Å². The topological polar surface area (TPSA) is 194 Å². The Balaban J connectivity index is 5.02. The van der Waals surface area contributed by atoms with Gasteiger partial charge in [-0.1, -0.05) is 0 Å². The molecule has 0 rings (SSSR count). The number of primary amides is 1. The zero-order valence-electron chi connectivity index (χ0n) is 13.7. The van der Waals surface area contributed by atoms with E-state index >= 15 is 0 Å². The third-order valence-electron chi connectivity index (χ3n) is 2.90. The minimum Gasteiger partial charge on any atom is -0.480 e. The predicted octanol–water partition coefficient (Wildman–Crippen LogP) is -3.26. The van der Waals surface area contributed by atoms with Crippen LogP contribution in [0.5, 0.6) is 0 Å². The summed E-state index contributed by atoms with van der Waals surface area (Å²) in [6.07, 6.45) is 1.57. The van der Waals surface area contributed by atoms with E-state index in [1.165, 1.54) is 11.8 Å². The van der Waals surface area contributed by atoms with Crippen LogP contribution in [-0.2, 0) is 24.0 Å². The van der Waals surface area contributed by atoms with Crippen molar-refractivity contribution >= 4 is 41.4 Å². The van der Waals surface area contributed by atoms with Gasteiger partial charge < -0.3 is 32.5 Å². The number of carbonyl (C=O) groups excluding carboxylic acids is 4. The van der Waals surface area contributed by atoms with Crippen molar-refractivity contribution in [1.82, 2.24) is 16.0 Å². The molecule has 8 N–H and O–H groups in total. The molecule has 25 heavy (non-hydrogen) atoms. The highest BCUT2D eigenvalue weighted by molar-refractivity contribution is 7.98. The summed E-state index contributed by atoms with van der Waals surface area (Å²) in [6, 6.07) is -2.30. The molecule has 12 heteroatoms. The number of carbonyl (C=O) groups is 5. The fourth-order valence-corrected chi connectivity index (χ4v) is 2.20. The zero-order valence-corrected chi connectivity index (χ0v) is 14.6. The molecule has 0 aliphatic rings. The van der Waals surface area contributed by atoms with Crippen LogP contribution < -0.4 is 27.4 Å². The van der Waals surface area contributed by atoms with E-state index in [-0.39, 0.29) is 13.0 Å². The maximum absolute atomic E-state index is 12.3. The lowest BCUT2D eigenvalue weighted by molar-refractivity contribution is -0.138. The van der Waals surface area contributed by atoms with E-state index < -0.39 is 54.6 Å². The van der Waals surface area contributed by atoms with Gasteiger partial charge >= 0.3 is 5.97 Å². The predicted molar refractivity (Wildman–Crippen MR) is 90.4 cm³/mol. The van der Waals surface area contributed by atoms with Gasteiger partial charge in [0.1, 0.15) is 18.6 Å². The lowest BCUT2D eigenvalue weighted by Crippen LogP contribution is -2.55. The average molecular weight is 377 g/mol. The largest absolute Gasteiger partial charge is 0.480 e. The Morgan fingerprint density at radius 1 is 1.08 bits per heavy atom. The molecular formula is C13H23N5O6S. The highest BCUT2D eigenvalue weighted by Crippen LogP contribution is 2.03. The van der Waals surface area contributed by atoms with Crippen LogP contribution in [-0.4, -0.2) is 71.9 Å². The minimum atomic E-state index is -1.35. The van der Waals surface area contributed by atoms with Crippen molar-refractivity contribution in [2.45, 2.75) is 24.9 Å². The number of carboxylic acids is 1. The number of amides is 4. The number of aliphatic carboxylic acids is 1. The SMILES string of the molecule is CSCCC(NC(=O)CN)C(=O)NC(CC(N)=O)C(=O)NCC(=O)O. The van der Waals surface area contributed by atoms with Crippen molar-refractivity contribution < 1.29 is 29.1 Å². The summed E-state index contributed by atoms with van der Waals surface area (Å²) in [4.78, 5) is 57.2. The highest BCUT2D eigenvalue weighted by atomic mass is 32.2. The van der Waals surface area contributed by atoms with Gasteiger partial charge in [-0.15, -0.1) is 0 Å². The fraction of sp³-hybridized carbons (Fsp3) is 0.615. The van der Waals surface area contributed by atoms with Crippen LogP contribution in [0, 0.1) is 0 Å². The fourth-order valence-electron chi connectivity index (χ4n) is 1.73. The number of nitrogens with one attached hydrogen (secondary N) is 3. The van der Waals surface area contributed by atoms with E-state index in [2.05, 4.69) is 16.0 Å². The van der Waals surface area contributed by atoms with E-state index in [4.69, 9.17) is 16.6 Å². The first-order valence-electron chi connectivity index (χ1n) is 7.27. The number of rotatable bonds is 12. The Kier molecular flexibility index (Phi) is 11.0. The minimum absolute atomic E-state index is 0.277. The van der Waals surface area contributed by atoms with E-state index in [1.54, 1.807) is 0 Å². The van der Waals surface area contributed by atoms with Gasteiger partial charge in [0.25, 0.3) is 0 Å². The molecule has 0 spiro atoms. The number of thioether (sulfide) groups is 1. The molecule has 11 nitrogen and oxygen atoms in total. The first kappa shape index (κ1) is 22.7. The Hall–Kier alpha value is -2.34. The van der Waals surface area contributed by atoms with Gasteiger partial charge in [0, 0.05) is 0 Å². The van der Waals surface area contributed by atoms with Crippen molar-refractivity contribution in [1.29, 1.82) is 0 Å². The van der Waals surface area contributed by atoms with Gasteiger partial charge in [0.15, 0.2) is 0 Å². The molecular weight excluding hydrogens is 354 g/mol. The molecule has 0 aromatic heterocycles. The second-order valence-corrected chi connectivity index (χ2v) is 5.93. The zero-order chi connectivity index (χ0) is 19.4. The van der Waals surface area contributed by atoms with Gasteiger partial charge in [-0.3, -0.25) is 24.0 Å². The maximum Gasteiger partial charge on any atom is 0.322 e. The van der Waals surface area contributed by atoms with Gasteiger partial charge in [-0.2, -0.15) is 11.8 Å². The van der Waals surface area contributed by atoms with Gasteiger partial charge in [0.05, 0.1) is 13.0 Å². The van der Waals surface area contributed by atoms with E-state index in [0.717, 1.165) is 0 Å². The molecule has 2 unspecified atom stereocenters. The van der Waals surface area contributed by atoms with Crippen molar-refractivity contribution in [2.75, 3.05) is 25.1 Å². The van der Waals surface area contributed by atoms with E-state index in [9.17, 15) is 24.0 Å². The Bertz CT molecular complexity index is 515. The third-order valence-corrected chi connectivity index (χ3v) is 3.54. The van der Waals surface area contributed by atoms with Crippen LogP contribution in [0.3, 0.4) is 0 Å². The molecule has 2 atom stereocenters. The van der Waals surface area contributed by atoms with Crippen molar-refractivity contribution in [3.63, 3.8) is 0 Å². The first-order valence-corrected chi connectivity index (χ1v) is 8.67. The summed E-state index contributed by atoms with van der Waals surface area (Å²) < 4.78 is 0. The quantitative estimate of drug-likeness (QED) is 0.204. The lowest BCUT2D eigenvalue weighted by atomic mass is 10.1. The van der Waals surface area contributed by atoms with Crippen LogP contribution in [0.25, 0.3) is 0 Å². The second kappa shape index (κ2) is 12.1. The Morgan fingerprint density at radius 2 is 1.72 bits per heavy atom. The summed E-state index contributed by atoms with van der Waals surface area (Å²) in [6.45, 7) is -0.989. The molecule has 142 valence electrons. The van der Waals surface area contributed by atoms with Crippen LogP contribution >= 0.6 is 11.8 Å². The summed E-state index contributed by atoms with van der Waals surface area (Å²) in [7, 11) is 0. The molecule has 0 radical (unpaired) electrons. The number of hydrogen-bond donors (Lipinski definition) is 6. The Morgan fingerprint density at radius 3 is 2.20 bits per heavy atom. The van der Waals surface area contributed by atoms with Crippen LogP contribution in [0.2, 0.25) is 0 Å². The molecule has 0 aromatic carbocycles. The van der Waals surface area contributed by atoms with Gasteiger partial charge in [-0.25, -0.2) is 0 Å². The molecule has 0 heterocycles. The van der Waals surface area contributed by atoms with E-state index in [1.807, 2.05) is 6.26 Å². The monoisotopic (exact) mass is 377 g/mol. The summed E-state index contributed by atoms with van der Waals surface area (Å²) in [5, 5.41) is 15.3. The number of hydrogen-bond acceptors (Lipinski definition) is 7. The van der Waals surface area contributed by atoms with Gasteiger partial charge in [-0.05, 0) is 18.4 Å². The standard InChI is InChI=1S/C13H23N5O6S/c1-25-3-2-7(17-10(20)5-14)13(24)18-8(4-9(15)19)12(23)16-6-11(21)22/h7-8H,2-6,14H2,1H3,(H2,15,19)(H,16,23)(H,17,20)(H,18,24)(H,21,22). The van der Waals surface area contributed by atoms with Crippen molar-refractivity contribution in [3.8, 4) is 0 Å². The number of nitrogens with two attached hydrogens (primary N) is 2. The normalized spacial score (nSPS) is 12.6. The van der Waals surface area contributed by atoms with Crippen LogP contribution in [0.1, 0.15) is 12.8 Å². The lowest BCUT2D eigenvalue weighted by Gasteiger charge is -2.22. The smallest absolute Gasteiger partial charge is 0.322 e. The average Bonchev–Trinajstić information content (AvgIpc) is 2.54. The Labute approximate surface area is 148 Å². The molecule has 0 aromatic rings. The van der Waals surface area contributed by atoms with Crippen LogP contribution in [0.15, 0.2) is 0 Å². The highest BCUT2D eigenvalue weighted by Gasteiger charge is 2.27. The summed E-state index contributed by atoms with van der Waals surface area (Å²) in [5.41, 5.74) is 10.2. The molecule has 0 bridgehead atoms. The summed E-state index contributed by atoms with van der Waals surface area (Å²) in [5.74, 6) is -3.72. The third kappa shape index (κ3) is 10.2. The summed E-state index contributed by atoms with van der Waals surface area (Å²) >= 11 is 1.45. The molecule has 4 amide bonds. The number of carboxylic acid groups (broad SMARTS) is 1. The molecule has 0 fully saturated rings. The molecule has 0 saturated carbocycles. The van der Waals surface area contributed by atoms with Crippen molar-refractivity contribution in [3.05, 3.63) is 0 Å². The molecule has 0 saturated heterocycles. The second-order valence-electron chi connectivity index (χ2n) is 4.95.